The van der Waals surface area contributed by atoms with E-state index in [-0.39, 0.29) is 5.82 Å². The van der Waals surface area contributed by atoms with Crippen LogP contribution in [0.4, 0.5) is 4.39 Å². The third-order valence-corrected chi connectivity index (χ3v) is 5.38. The van der Waals surface area contributed by atoms with Crippen molar-refractivity contribution in [1.82, 2.24) is 10.3 Å². The van der Waals surface area contributed by atoms with E-state index < -0.39 is 0 Å². The largest absolute Gasteiger partial charge is 0.497 e. The van der Waals surface area contributed by atoms with Crippen molar-refractivity contribution >= 4 is 22.2 Å². The number of nitrogens with zero attached hydrogens (tertiary/aromatic N) is 1. The molecule has 142 valence electrons. The molecule has 5 heteroatoms. The van der Waals surface area contributed by atoms with E-state index in [4.69, 9.17) is 9.72 Å². The lowest BCUT2D eigenvalue weighted by molar-refractivity contribution is 0.415. The first-order valence-corrected chi connectivity index (χ1v) is 10.1. The highest BCUT2D eigenvalue weighted by Gasteiger charge is 2.10. The van der Waals surface area contributed by atoms with Gasteiger partial charge in [-0.05, 0) is 65.9 Å². The second-order valence-corrected chi connectivity index (χ2v) is 7.40. The van der Waals surface area contributed by atoms with Crippen molar-refractivity contribution < 1.29 is 9.13 Å². The lowest BCUT2D eigenvalue weighted by Gasteiger charge is -2.12. The summed E-state index contributed by atoms with van der Waals surface area (Å²) in [7, 11) is 1.66. The summed E-state index contributed by atoms with van der Waals surface area (Å²) in [6, 6.07) is 17.0. The van der Waals surface area contributed by atoms with Crippen LogP contribution in [0.15, 0.2) is 65.4 Å². The summed E-state index contributed by atoms with van der Waals surface area (Å²) in [5, 5.41) is 8.74. The Bertz CT molecular complexity index is 1080. The SMILES string of the molecule is COc1ccc2cc(CNCCc3cccc(F)c3)c(-c3ccsc3)nc2c1. The van der Waals surface area contributed by atoms with Crippen molar-refractivity contribution in [3.05, 3.63) is 82.3 Å². The number of hydrogen-bond donors (Lipinski definition) is 1. The highest BCUT2D eigenvalue weighted by atomic mass is 32.1. The summed E-state index contributed by atoms with van der Waals surface area (Å²) in [6.07, 6.45) is 0.782. The number of pyridine rings is 1. The molecule has 4 rings (SSSR count). The van der Waals surface area contributed by atoms with Gasteiger partial charge in [-0.3, -0.25) is 0 Å². The minimum absolute atomic E-state index is 0.189. The molecule has 0 aliphatic rings. The van der Waals surface area contributed by atoms with Crippen LogP contribution in [0, 0.1) is 5.82 Å². The topological polar surface area (TPSA) is 34.1 Å². The zero-order chi connectivity index (χ0) is 19.3. The molecule has 0 amide bonds. The number of hydrogen-bond acceptors (Lipinski definition) is 4. The molecular formula is C23H21FN2OS. The van der Waals surface area contributed by atoms with Crippen molar-refractivity contribution in [3.8, 4) is 17.0 Å². The molecule has 0 fully saturated rings. The van der Waals surface area contributed by atoms with Gasteiger partial charge in [0.15, 0.2) is 0 Å². The number of ether oxygens (including phenoxy) is 1. The molecule has 0 unspecified atom stereocenters. The van der Waals surface area contributed by atoms with Crippen LogP contribution in [0.25, 0.3) is 22.2 Å². The highest BCUT2D eigenvalue weighted by molar-refractivity contribution is 7.08. The first kappa shape index (κ1) is 18.6. The third-order valence-electron chi connectivity index (χ3n) is 4.69. The minimum atomic E-state index is -0.189. The Morgan fingerprint density at radius 3 is 2.82 bits per heavy atom. The van der Waals surface area contributed by atoms with Gasteiger partial charge >= 0.3 is 0 Å². The van der Waals surface area contributed by atoms with Gasteiger partial charge in [-0.2, -0.15) is 11.3 Å². The molecule has 2 aromatic carbocycles. The second-order valence-electron chi connectivity index (χ2n) is 6.62. The Hall–Kier alpha value is -2.76. The Labute approximate surface area is 167 Å². The van der Waals surface area contributed by atoms with Crippen molar-refractivity contribution in [3.63, 3.8) is 0 Å². The average molecular weight is 392 g/mol. The Balaban J connectivity index is 1.55. The predicted molar refractivity (Wildman–Crippen MR) is 113 cm³/mol. The molecule has 1 N–H and O–H groups in total. The fourth-order valence-electron chi connectivity index (χ4n) is 3.25. The summed E-state index contributed by atoms with van der Waals surface area (Å²) in [5.41, 5.74) is 5.17. The fraction of sp³-hybridized carbons (Fsp3) is 0.174. The molecule has 2 heterocycles. The van der Waals surface area contributed by atoms with Crippen LogP contribution in [-0.2, 0) is 13.0 Å². The summed E-state index contributed by atoms with van der Waals surface area (Å²) < 4.78 is 18.7. The lowest BCUT2D eigenvalue weighted by Crippen LogP contribution is -2.17. The Morgan fingerprint density at radius 2 is 2.04 bits per heavy atom. The third kappa shape index (κ3) is 4.21. The van der Waals surface area contributed by atoms with Crippen LogP contribution in [-0.4, -0.2) is 18.6 Å². The first-order chi connectivity index (χ1) is 13.7. The smallest absolute Gasteiger partial charge is 0.123 e. The van der Waals surface area contributed by atoms with E-state index in [2.05, 4.69) is 28.2 Å². The number of methoxy groups -OCH3 is 1. The van der Waals surface area contributed by atoms with Crippen molar-refractivity contribution in [2.45, 2.75) is 13.0 Å². The summed E-state index contributed by atoms with van der Waals surface area (Å²) >= 11 is 1.66. The number of nitrogens with one attached hydrogen (secondary N) is 1. The van der Waals surface area contributed by atoms with Gasteiger partial charge in [0.1, 0.15) is 11.6 Å². The van der Waals surface area contributed by atoms with Gasteiger partial charge < -0.3 is 10.1 Å². The number of aromatic nitrogens is 1. The van der Waals surface area contributed by atoms with Gasteiger partial charge in [-0.15, -0.1) is 0 Å². The number of fused-ring (bicyclic) bond motifs is 1. The summed E-state index contributed by atoms with van der Waals surface area (Å²) in [5.74, 6) is 0.614. The maximum Gasteiger partial charge on any atom is 0.123 e. The van der Waals surface area contributed by atoms with Gasteiger partial charge in [0, 0.05) is 28.9 Å². The summed E-state index contributed by atoms with van der Waals surface area (Å²) in [6.45, 7) is 1.47. The molecule has 0 spiro atoms. The van der Waals surface area contributed by atoms with Crippen LogP contribution in [0.1, 0.15) is 11.1 Å². The molecule has 3 nitrogen and oxygen atoms in total. The normalized spacial score (nSPS) is 11.1. The van der Waals surface area contributed by atoms with Crippen LogP contribution < -0.4 is 10.1 Å². The van der Waals surface area contributed by atoms with E-state index in [1.54, 1.807) is 30.6 Å². The molecule has 0 atom stereocenters. The predicted octanol–water partition coefficient (Wildman–Crippen LogP) is 5.44. The summed E-state index contributed by atoms with van der Waals surface area (Å²) in [4.78, 5) is 4.91. The zero-order valence-corrected chi connectivity index (χ0v) is 16.4. The molecule has 0 radical (unpaired) electrons. The maximum atomic E-state index is 13.3. The van der Waals surface area contributed by atoms with E-state index >= 15 is 0 Å². The molecule has 4 aromatic rings. The molecule has 28 heavy (non-hydrogen) atoms. The molecular weight excluding hydrogens is 371 g/mol. The molecule has 0 aliphatic carbocycles. The maximum absolute atomic E-state index is 13.3. The molecule has 0 saturated carbocycles. The first-order valence-electron chi connectivity index (χ1n) is 9.18. The zero-order valence-electron chi connectivity index (χ0n) is 15.6. The molecule has 0 saturated heterocycles. The second kappa shape index (κ2) is 8.50. The molecule has 0 aliphatic heterocycles. The van der Waals surface area contributed by atoms with E-state index in [9.17, 15) is 4.39 Å². The average Bonchev–Trinajstić information content (AvgIpc) is 3.25. The fourth-order valence-corrected chi connectivity index (χ4v) is 3.89. The van der Waals surface area contributed by atoms with E-state index in [1.165, 1.54) is 6.07 Å². The number of halogens is 1. The van der Waals surface area contributed by atoms with Gasteiger partial charge in [-0.1, -0.05) is 12.1 Å². The van der Waals surface area contributed by atoms with Crippen LogP contribution in [0.3, 0.4) is 0 Å². The minimum Gasteiger partial charge on any atom is -0.497 e. The van der Waals surface area contributed by atoms with Crippen LogP contribution in [0.5, 0.6) is 5.75 Å². The number of thiophene rings is 1. The standard InChI is InChI=1S/C23H21FN2OS/c1-27-21-6-5-17-12-19(14-25-9-7-16-3-2-4-20(24)11-16)23(26-22(17)13-21)18-8-10-28-15-18/h2-6,8,10-13,15,25H,7,9,14H2,1H3. The quantitative estimate of drug-likeness (QED) is 0.425. The van der Waals surface area contributed by atoms with Crippen LogP contribution >= 0.6 is 11.3 Å². The molecule has 0 bridgehead atoms. The Morgan fingerprint density at radius 1 is 1.11 bits per heavy atom. The van der Waals surface area contributed by atoms with Crippen molar-refractivity contribution in [1.29, 1.82) is 0 Å². The van der Waals surface area contributed by atoms with E-state index in [0.717, 1.165) is 52.0 Å². The van der Waals surface area contributed by atoms with E-state index in [1.807, 2.05) is 24.3 Å². The van der Waals surface area contributed by atoms with Gasteiger partial charge in [0.05, 0.1) is 18.3 Å². The van der Waals surface area contributed by atoms with Crippen LogP contribution in [0.2, 0.25) is 0 Å². The number of rotatable bonds is 7. The van der Waals surface area contributed by atoms with Crippen molar-refractivity contribution in [2.24, 2.45) is 0 Å². The van der Waals surface area contributed by atoms with Gasteiger partial charge in [0.2, 0.25) is 0 Å². The van der Waals surface area contributed by atoms with Gasteiger partial charge in [-0.25, -0.2) is 9.37 Å². The Kier molecular flexibility index (Phi) is 5.65. The van der Waals surface area contributed by atoms with E-state index in [0.29, 0.717) is 6.54 Å². The van der Waals surface area contributed by atoms with Gasteiger partial charge in [0.25, 0.3) is 0 Å². The highest BCUT2D eigenvalue weighted by Crippen LogP contribution is 2.29. The monoisotopic (exact) mass is 392 g/mol. The lowest BCUT2D eigenvalue weighted by atomic mass is 10.0. The number of benzene rings is 2. The van der Waals surface area contributed by atoms with Crippen molar-refractivity contribution in [2.75, 3.05) is 13.7 Å². The molecule has 2 aromatic heterocycles.